The van der Waals surface area contributed by atoms with E-state index >= 15 is 0 Å². The minimum absolute atomic E-state index is 0.183. The second-order valence-electron chi connectivity index (χ2n) is 20.4. The summed E-state index contributed by atoms with van der Waals surface area (Å²) < 4.78 is 11.3. The number of carbonyl (C=O) groups is 1. The van der Waals surface area contributed by atoms with E-state index in [1.54, 1.807) is 6.08 Å². The molecule has 0 aromatic carbocycles. The first-order chi connectivity index (χ1) is 32.8. The van der Waals surface area contributed by atoms with Crippen LogP contribution >= 0.6 is 0 Å². The zero-order valence-electron chi connectivity index (χ0n) is 43.9. The van der Waals surface area contributed by atoms with E-state index < -0.39 is 49.5 Å². The summed E-state index contributed by atoms with van der Waals surface area (Å²) in [7, 11) is 0. The van der Waals surface area contributed by atoms with E-state index in [1.165, 1.54) is 205 Å². The molecule has 9 heteroatoms. The van der Waals surface area contributed by atoms with Gasteiger partial charge >= 0.3 is 0 Å². The van der Waals surface area contributed by atoms with Crippen molar-refractivity contribution >= 4 is 5.91 Å². The van der Waals surface area contributed by atoms with Gasteiger partial charge in [0.1, 0.15) is 24.4 Å². The van der Waals surface area contributed by atoms with Gasteiger partial charge in [-0.05, 0) is 44.9 Å². The van der Waals surface area contributed by atoms with Crippen LogP contribution in [0.25, 0.3) is 0 Å². The van der Waals surface area contributed by atoms with Crippen LogP contribution in [-0.2, 0) is 14.3 Å². The van der Waals surface area contributed by atoms with Crippen LogP contribution in [0, 0.1) is 0 Å². The lowest BCUT2D eigenvalue weighted by atomic mass is 9.99. The molecule has 0 bridgehead atoms. The van der Waals surface area contributed by atoms with Gasteiger partial charge < -0.3 is 40.3 Å². The molecule has 1 fully saturated rings. The van der Waals surface area contributed by atoms with E-state index in [1.807, 2.05) is 6.08 Å². The molecule has 1 aliphatic rings. The van der Waals surface area contributed by atoms with Crippen molar-refractivity contribution in [1.82, 2.24) is 5.32 Å². The Bertz CT molecular complexity index is 1100. The molecule has 0 aliphatic carbocycles. The van der Waals surface area contributed by atoms with Gasteiger partial charge in [-0.2, -0.15) is 0 Å². The van der Waals surface area contributed by atoms with Crippen molar-refractivity contribution in [3.05, 3.63) is 24.3 Å². The quantitative estimate of drug-likeness (QED) is 0.0261. The average Bonchev–Trinajstić information content (AvgIpc) is 3.33. The lowest BCUT2D eigenvalue weighted by molar-refractivity contribution is -0.302. The van der Waals surface area contributed by atoms with Crippen molar-refractivity contribution in [1.29, 1.82) is 0 Å². The van der Waals surface area contributed by atoms with Crippen molar-refractivity contribution in [2.45, 2.75) is 326 Å². The maximum Gasteiger partial charge on any atom is 0.220 e. The number of hydrogen-bond donors (Lipinski definition) is 6. The smallest absolute Gasteiger partial charge is 0.220 e. The number of allylic oxidation sites excluding steroid dienone is 3. The van der Waals surface area contributed by atoms with Gasteiger partial charge in [0.15, 0.2) is 6.29 Å². The first-order valence-corrected chi connectivity index (χ1v) is 29.1. The van der Waals surface area contributed by atoms with Gasteiger partial charge in [0.05, 0.1) is 25.4 Å². The van der Waals surface area contributed by atoms with Crippen molar-refractivity contribution < 1.29 is 39.8 Å². The lowest BCUT2D eigenvalue weighted by Crippen LogP contribution is -2.60. The van der Waals surface area contributed by atoms with Gasteiger partial charge in [0.2, 0.25) is 5.91 Å². The molecule has 1 saturated heterocycles. The fraction of sp³-hybridized carbons (Fsp3) is 0.914. The van der Waals surface area contributed by atoms with E-state index in [2.05, 4.69) is 31.3 Å². The van der Waals surface area contributed by atoms with Crippen molar-refractivity contribution in [2.75, 3.05) is 13.2 Å². The van der Waals surface area contributed by atoms with Crippen molar-refractivity contribution in [3.63, 3.8) is 0 Å². The molecule has 9 nitrogen and oxygen atoms in total. The first kappa shape index (κ1) is 63.7. The third kappa shape index (κ3) is 38.1. The average molecular weight is 951 g/mol. The third-order valence-electron chi connectivity index (χ3n) is 14.0. The van der Waals surface area contributed by atoms with E-state index in [4.69, 9.17) is 9.47 Å². The molecule has 0 aromatic heterocycles. The third-order valence-corrected chi connectivity index (χ3v) is 14.0. The largest absolute Gasteiger partial charge is 0.394 e. The van der Waals surface area contributed by atoms with E-state index in [9.17, 15) is 30.3 Å². The molecule has 1 rings (SSSR count). The van der Waals surface area contributed by atoms with Crippen LogP contribution in [0.4, 0.5) is 0 Å². The molecule has 0 radical (unpaired) electrons. The number of aliphatic hydroxyl groups is 5. The molecule has 0 aromatic rings. The van der Waals surface area contributed by atoms with Gasteiger partial charge in [0, 0.05) is 6.42 Å². The summed E-state index contributed by atoms with van der Waals surface area (Å²) in [6, 6.07) is -0.807. The summed E-state index contributed by atoms with van der Waals surface area (Å²) in [6.45, 7) is 3.79. The minimum atomic E-state index is -1.57. The highest BCUT2D eigenvalue weighted by Gasteiger charge is 2.44. The highest BCUT2D eigenvalue weighted by atomic mass is 16.7. The SMILES string of the molecule is CCCCCCC/C=C\CCCCCCCC(=O)NC(COC1OC(CO)C(O)C(O)C1O)C(O)/C=C/CCCCCCCCCCCCCCCCCCCCCCCCCCCCCC. The highest BCUT2D eigenvalue weighted by Crippen LogP contribution is 2.23. The molecular weight excluding hydrogens is 839 g/mol. The lowest BCUT2D eigenvalue weighted by Gasteiger charge is -2.40. The molecule has 7 atom stereocenters. The number of unbranched alkanes of at least 4 members (excludes halogenated alkanes) is 38. The number of hydrogen-bond acceptors (Lipinski definition) is 8. The summed E-state index contributed by atoms with van der Waals surface area (Å²) in [6.07, 6.45) is 54.0. The number of nitrogens with one attached hydrogen (secondary N) is 1. The molecular formula is C58H111NO8. The molecule has 67 heavy (non-hydrogen) atoms. The van der Waals surface area contributed by atoms with Crippen LogP contribution in [0.3, 0.4) is 0 Å². The summed E-state index contributed by atoms with van der Waals surface area (Å²) in [5.41, 5.74) is 0. The maximum absolute atomic E-state index is 13.0. The Labute approximate surface area is 413 Å². The van der Waals surface area contributed by atoms with E-state index in [-0.39, 0.29) is 12.5 Å². The molecule has 396 valence electrons. The molecule has 1 amide bonds. The van der Waals surface area contributed by atoms with Crippen molar-refractivity contribution in [3.8, 4) is 0 Å². The number of ether oxygens (including phenoxy) is 2. The van der Waals surface area contributed by atoms with Crippen LogP contribution in [0.2, 0.25) is 0 Å². The minimum Gasteiger partial charge on any atom is -0.394 e. The monoisotopic (exact) mass is 950 g/mol. The van der Waals surface area contributed by atoms with Crippen LogP contribution in [0.1, 0.15) is 284 Å². The number of carbonyl (C=O) groups excluding carboxylic acids is 1. The van der Waals surface area contributed by atoms with Gasteiger partial charge in [-0.1, -0.05) is 256 Å². The van der Waals surface area contributed by atoms with Gasteiger partial charge in [0.25, 0.3) is 0 Å². The Morgan fingerprint density at radius 3 is 1.21 bits per heavy atom. The highest BCUT2D eigenvalue weighted by molar-refractivity contribution is 5.76. The predicted octanol–water partition coefficient (Wildman–Crippen LogP) is 14.2. The molecule has 0 saturated carbocycles. The zero-order valence-corrected chi connectivity index (χ0v) is 43.9. The van der Waals surface area contributed by atoms with Crippen LogP contribution in [-0.4, -0.2) is 87.5 Å². The van der Waals surface area contributed by atoms with Crippen LogP contribution in [0.15, 0.2) is 24.3 Å². The Kier molecular flexibility index (Phi) is 45.9. The molecule has 1 aliphatic heterocycles. The second kappa shape index (κ2) is 48.3. The van der Waals surface area contributed by atoms with Crippen molar-refractivity contribution in [2.24, 2.45) is 0 Å². The zero-order chi connectivity index (χ0) is 48.7. The Hall–Kier alpha value is -1.33. The Balaban J connectivity index is 2.16. The molecule has 1 heterocycles. The van der Waals surface area contributed by atoms with Gasteiger partial charge in [-0.3, -0.25) is 4.79 Å². The number of aliphatic hydroxyl groups excluding tert-OH is 5. The van der Waals surface area contributed by atoms with Crippen LogP contribution < -0.4 is 5.32 Å². The summed E-state index contributed by atoms with van der Waals surface area (Å²) in [5.74, 6) is -0.183. The molecule has 7 unspecified atom stereocenters. The fourth-order valence-electron chi connectivity index (χ4n) is 9.39. The normalized spacial score (nSPS) is 19.8. The summed E-state index contributed by atoms with van der Waals surface area (Å²) in [5, 5.41) is 54.4. The molecule has 0 spiro atoms. The van der Waals surface area contributed by atoms with Crippen LogP contribution in [0.5, 0.6) is 0 Å². The van der Waals surface area contributed by atoms with E-state index in [0.717, 1.165) is 57.8 Å². The number of rotatable bonds is 50. The van der Waals surface area contributed by atoms with Gasteiger partial charge in [-0.15, -0.1) is 0 Å². The Morgan fingerprint density at radius 2 is 0.836 bits per heavy atom. The Morgan fingerprint density at radius 1 is 0.493 bits per heavy atom. The maximum atomic E-state index is 13.0. The van der Waals surface area contributed by atoms with E-state index in [0.29, 0.717) is 6.42 Å². The fourth-order valence-corrected chi connectivity index (χ4v) is 9.39. The second-order valence-corrected chi connectivity index (χ2v) is 20.4. The molecule has 6 N–H and O–H groups in total. The summed E-state index contributed by atoms with van der Waals surface area (Å²) in [4.78, 5) is 13.0. The topological polar surface area (TPSA) is 149 Å². The standard InChI is InChI=1S/C58H111NO8/c1-3-5-7-9-11-13-15-17-19-20-21-22-23-24-25-26-27-28-29-30-31-32-33-34-35-37-39-41-43-45-47-52(61)51(50-66-58-57(65)56(64)55(63)53(49-60)67-58)59-54(62)48-46-44-42-40-38-36-18-16-14-12-10-8-6-4-2/h16,18,45,47,51-53,55-58,60-61,63-65H,3-15,17,19-44,46,48-50H2,1-2H3,(H,59,62)/b18-16-,47-45+. The predicted molar refractivity (Wildman–Crippen MR) is 281 cm³/mol. The van der Waals surface area contributed by atoms with Gasteiger partial charge in [-0.25, -0.2) is 0 Å². The number of amides is 1. The summed E-state index contributed by atoms with van der Waals surface area (Å²) >= 11 is 0. The first-order valence-electron chi connectivity index (χ1n) is 29.1.